The molecule has 1 N–H and O–H groups in total. The first-order valence-electron chi connectivity index (χ1n) is 8.17. The number of nitrogens with one attached hydrogen (secondary N) is 1. The van der Waals surface area contributed by atoms with Gasteiger partial charge in [-0.1, -0.05) is 31.2 Å². The SMILES string of the molecule is CCc1ccc(CC(=O)N2CCC[C@@H](CNS(C)(=O)=O)C2)cc1. The van der Waals surface area contributed by atoms with Crippen LogP contribution in [-0.4, -0.2) is 45.1 Å². The van der Waals surface area contributed by atoms with E-state index >= 15 is 0 Å². The predicted octanol–water partition coefficient (Wildman–Crippen LogP) is 1.58. The second-order valence-electron chi connectivity index (χ2n) is 6.32. The Morgan fingerprint density at radius 1 is 1.26 bits per heavy atom. The van der Waals surface area contributed by atoms with E-state index in [4.69, 9.17) is 0 Å². The lowest BCUT2D eigenvalue weighted by Crippen LogP contribution is -2.44. The molecule has 128 valence electrons. The Bertz CT molecular complexity index is 626. The van der Waals surface area contributed by atoms with Gasteiger partial charge in [0.1, 0.15) is 0 Å². The lowest BCUT2D eigenvalue weighted by Gasteiger charge is -2.33. The molecule has 0 aliphatic carbocycles. The number of benzene rings is 1. The summed E-state index contributed by atoms with van der Waals surface area (Å²) in [5, 5.41) is 0. The van der Waals surface area contributed by atoms with Gasteiger partial charge in [-0.3, -0.25) is 4.79 Å². The number of carbonyl (C=O) groups excluding carboxylic acids is 1. The average Bonchev–Trinajstić information content (AvgIpc) is 2.53. The minimum absolute atomic E-state index is 0.123. The average molecular weight is 338 g/mol. The highest BCUT2D eigenvalue weighted by molar-refractivity contribution is 7.88. The topological polar surface area (TPSA) is 66.5 Å². The van der Waals surface area contributed by atoms with Gasteiger partial charge in [-0.25, -0.2) is 13.1 Å². The fraction of sp³-hybridized carbons (Fsp3) is 0.588. The molecule has 2 rings (SSSR count). The van der Waals surface area contributed by atoms with E-state index in [1.165, 1.54) is 11.8 Å². The fourth-order valence-corrected chi connectivity index (χ4v) is 3.45. The van der Waals surface area contributed by atoms with Crippen LogP contribution in [0.25, 0.3) is 0 Å². The summed E-state index contributed by atoms with van der Waals surface area (Å²) in [6, 6.07) is 8.17. The lowest BCUT2D eigenvalue weighted by molar-refractivity contribution is -0.132. The lowest BCUT2D eigenvalue weighted by atomic mass is 9.97. The van der Waals surface area contributed by atoms with Gasteiger partial charge in [0.05, 0.1) is 12.7 Å². The zero-order valence-corrected chi connectivity index (χ0v) is 14.7. The molecule has 5 nitrogen and oxygen atoms in total. The van der Waals surface area contributed by atoms with Crippen LogP contribution in [-0.2, 0) is 27.7 Å². The number of piperidine rings is 1. The van der Waals surface area contributed by atoms with E-state index in [9.17, 15) is 13.2 Å². The van der Waals surface area contributed by atoms with Crippen molar-refractivity contribution in [2.24, 2.45) is 5.92 Å². The Balaban J connectivity index is 1.88. The molecule has 1 atom stereocenters. The van der Waals surface area contributed by atoms with Crippen LogP contribution in [0.15, 0.2) is 24.3 Å². The molecule has 0 saturated carbocycles. The largest absolute Gasteiger partial charge is 0.342 e. The molecule has 1 aromatic rings. The van der Waals surface area contributed by atoms with Crippen molar-refractivity contribution in [2.45, 2.75) is 32.6 Å². The first kappa shape index (κ1) is 17.9. The van der Waals surface area contributed by atoms with Gasteiger partial charge >= 0.3 is 0 Å². The van der Waals surface area contributed by atoms with Crippen molar-refractivity contribution in [2.75, 3.05) is 25.9 Å². The zero-order valence-electron chi connectivity index (χ0n) is 13.9. The van der Waals surface area contributed by atoms with E-state index in [-0.39, 0.29) is 11.8 Å². The van der Waals surface area contributed by atoms with Crippen molar-refractivity contribution in [3.05, 3.63) is 35.4 Å². The molecule has 1 aliphatic rings. The van der Waals surface area contributed by atoms with Crippen LogP contribution in [0.4, 0.5) is 0 Å². The van der Waals surface area contributed by atoms with Gasteiger partial charge in [0.25, 0.3) is 0 Å². The summed E-state index contributed by atoms with van der Waals surface area (Å²) in [7, 11) is -3.17. The van der Waals surface area contributed by atoms with Gasteiger partial charge in [0.15, 0.2) is 0 Å². The quantitative estimate of drug-likeness (QED) is 0.856. The number of likely N-dealkylation sites (tertiary alicyclic amines) is 1. The molecule has 1 aromatic carbocycles. The second-order valence-corrected chi connectivity index (χ2v) is 8.15. The van der Waals surface area contributed by atoms with Crippen molar-refractivity contribution in [1.29, 1.82) is 0 Å². The molecule has 1 heterocycles. The van der Waals surface area contributed by atoms with Crippen molar-refractivity contribution in [1.82, 2.24) is 9.62 Å². The molecular weight excluding hydrogens is 312 g/mol. The monoisotopic (exact) mass is 338 g/mol. The van der Waals surface area contributed by atoms with E-state index in [0.717, 1.165) is 31.4 Å². The summed E-state index contributed by atoms with van der Waals surface area (Å²) < 4.78 is 24.9. The summed E-state index contributed by atoms with van der Waals surface area (Å²) in [5.74, 6) is 0.322. The van der Waals surface area contributed by atoms with Crippen molar-refractivity contribution in [3.63, 3.8) is 0 Å². The number of aryl methyl sites for hydroxylation is 1. The molecule has 1 amide bonds. The number of hydrogen-bond donors (Lipinski definition) is 1. The summed E-state index contributed by atoms with van der Waals surface area (Å²) in [5.41, 5.74) is 2.30. The molecule has 0 radical (unpaired) electrons. The number of nitrogens with zero attached hydrogens (tertiary/aromatic N) is 1. The maximum absolute atomic E-state index is 12.5. The summed E-state index contributed by atoms with van der Waals surface area (Å²) in [4.78, 5) is 14.3. The molecule has 1 aliphatic heterocycles. The standard InChI is InChI=1S/C17H26N2O3S/c1-3-14-6-8-15(9-7-14)11-17(20)19-10-4-5-16(13-19)12-18-23(2,21)22/h6-9,16,18H,3-5,10-13H2,1-2H3/t16-/m0/s1. The third-order valence-corrected chi connectivity index (χ3v) is 4.98. The van der Waals surface area contributed by atoms with E-state index < -0.39 is 10.0 Å². The molecule has 0 unspecified atom stereocenters. The Hall–Kier alpha value is -1.40. The third kappa shape index (κ3) is 5.95. The van der Waals surface area contributed by atoms with Crippen LogP contribution < -0.4 is 4.72 Å². The van der Waals surface area contributed by atoms with Gasteiger partial charge < -0.3 is 4.90 Å². The first-order chi connectivity index (χ1) is 10.9. The highest BCUT2D eigenvalue weighted by atomic mass is 32.2. The third-order valence-electron chi connectivity index (χ3n) is 4.29. The number of hydrogen-bond acceptors (Lipinski definition) is 3. The number of sulfonamides is 1. The van der Waals surface area contributed by atoms with Crippen LogP contribution in [0.1, 0.15) is 30.9 Å². The van der Waals surface area contributed by atoms with Gasteiger partial charge in [0, 0.05) is 19.6 Å². The van der Waals surface area contributed by atoms with E-state index in [1.807, 2.05) is 17.0 Å². The second kappa shape index (κ2) is 7.93. The van der Waals surface area contributed by atoms with Gasteiger partial charge in [-0.2, -0.15) is 0 Å². The molecule has 0 bridgehead atoms. The van der Waals surface area contributed by atoms with Gasteiger partial charge in [0.2, 0.25) is 15.9 Å². The minimum atomic E-state index is -3.17. The van der Waals surface area contributed by atoms with Gasteiger partial charge in [-0.15, -0.1) is 0 Å². The first-order valence-corrected chi connectivity index (χ1v) is 10.1. The predicted molar refractivity (Wildman–Crippen MR) is 91.7 cm³/mol. The van der Waals surface area contributed by atoms with Crippen LogP contribution in [0.3, 0.4) is 0 Å². The summed E-state index contributed by atoms with van der Waals surface area (Å²) in [6.45, 7) is 3.92. The Morgan fingerprint density at radius 2 is 1.91 bits per heavy atom. The van der Waals surface area contributed by atoms with Crippen molar-refractivity contribution >= 4 is 15.9 Å². The fourth-order valence-electron chi connectivity index (χ4n) is 2.91. The van der Waals surface area contributed by atoms with Crippen LogP contribution in [0, 0.1) is 5.92 Å². The normalized spacial score (nSPS) is 18.9. The highest BCUT2D eigenvalue weighted by Crippen LogP contribution is 2.17. The maximum atomic E-state index is 12.5. The van der Waals surface area contributed by atoms with Crippen LogP contribution >= 0.6 is 0 Å². The Kier molecular flexibility index (Phi) is 6.18. The number of rotatable bonds is 6. The molecule has 1 saturated heterocycles. The smallest absolute Gasteiger partial charge is 0.226 e. The molecule has 1 fully saturated rings. The molecule has 23 heavy (non-hydrogen) atoms. The van der Waals surface area contributed by atoms with Crippen LogP contribution in [0.5, 0.6) is 0 Å². The molecule has 6 heteroatoms. The van der Waals surface area contributed by atoms with Crippen molar-refractivity contribution in [3.8, 4) is 0 Å². The molecule has 0 spiro atoms. The van der Waals surface area contributed by atoms with E-state index in [1.54, 1.807) is 0 Å². The summed E-state index contributed by atoms with van der Waals surface area (Å²) >= 11 is 0. The number of carbonyl (C=O) groups is 1. The number of amides is 1. The van der Waals surface area contributed by atoms with Crippen molar-refractivity contribution < 1.29 is 13.2 Å². The van der Waals surface area contributed by atoms with E-state index in [0.29, 0.717) is 19.5 Å². The Labute approximate surface area is 139 Å². The molecule has 0 aromatic heterocycles. The Morgan fingerprint density at radius 3 is 2.52 bits per heavy atom. The van der Waals surface area contributed by atoms with E-state index in [2.05, 4.69) is 23.8 Å². The van der Waals surface area contributed by atoms with Crippen LogP contribution in [0.2, 0.25) is 0 Å². The zero-order chi connectivity index (χ0) is 16.9. The van der Waals surface area contributed by atoms with Gasteiger partial charge in [-0.05, 0) is 36.3 Å². The minimum Gasteiger partial charge on any atom is -0.342 e. The summed E-state index contributed by atoms with van der Waals surface area (Å²) in [6.07, 6.45) is 4.46. The maximum Gasteiger partial charge on any atom is 0.226 e. The molecular formula is C17H26N2O3S. The highest BCUT2D eigenvalue weighted by Gasteiger charge is 2.24.